The molecule has 0 bridgehead atoms. The number of hydrogen-bond acceptors (Lipinski definition) is 7. The zero-order valence-electron chi connectivity index (χ0n) is 17.4. The van der Waals surface area contributed by atoms with Crippen LogP contribution in [-0.2, 0) is 4.79 Å². The first-order valence-corrected chi connectivity index (χ1v) is 10.3. The number of rotatable bonds is 5. The molecule has 0 aliphatic carbocycles. The van der Waals surface area contributed by atoms with Gasteiger partial charge in [-0.15, -0.1) is 0 Å². The van der Waals surface area contributed by atoms with Crippen molar-refractivity contribution in [2.45, 2.75) is 0 Å². The fraction of sp³-hybridized carbons (Fsp3) is 0.120. The van der Waals surface area contributed by atoms with E-state index in [-0.39, 0.29) is 34.5 Å². The molecule has 0 atom stereocenters. The molecule has 8 heteroatoms. The number of carbonyl (C=O) groups is 1. The van der Waals surface area contributed by atoms with Crippen LogP contribution in [0.5, 0.6) is 23.0 Å². The van der Waals surface area contributed by atoms with Crippen molar-refractivity contribution >= 4 is 22.6 Å². The summed E-state index contributed by atoms with van der Waals surface area (Å²) in [7, 11) is 0. The van der Waals surface area contributed by atoms with Crippen LogP contribution in [-0.4, -0.2) is 30.8 Å². The summed E-state index contributed by atoms with van der Waals surface area (Å²) >= 11 is 0. The molecule has 0 radical (unpaired) electrons. The molecular weight excluding hydrogens is 426 g/mol. The number of anilines is 1. The van der Waals surface area contributed by atoms with Crippen molar-refractivity contribution in [3.05, 3.63) is 77.0 Å². The molecule has 0 spiro atoms. The van der Waals surface area contributed by atoms with Crippen molar-refractivity contribution in [1.82, 2.24) is 0 Å². The number of fused-ring (bicyclic) bond motifs is 2. The summed E-state index contributed by atoms with van der Waals surface area (Å²) in [6.45, 7) is 0.612. The molecule has 166 valence electrons. The van der Waals surface area contributed by atoms with Gasteiger partial charge in [-0.1, -0.05) is 30.3 Å². The largest absolute Gasteiger partial charge is 0.507 e. The van der Waals surface area contributed by atoms with Gasteiger partial charge in [0.1, 0.15) is 41.4 Å². The lowest BCUT2D eigenvalue weighted by Crippen LogP contribution is -2.21. The van der Waals surface area contributed by atoms with Crippen molar-refractivity contribution in [3.8, 4) is 34.3 Å². The minimum absolute atomic E-state index is 0.0442. The highest BCUT2D eigenvalue weighted by Gasteiger charge is 2.15. The summed E-state index contributed by atoms with van der Waals surface area (Å²) in [5.41, 5.74) is 1.04. The number of aromatic hydroxyl groups is 1. The summed E-state index contributed by atoms with van der Waals surface area (Å²) in [6.07, 6.45) is 0. The van der Waals surface area contributed by atoms with E-state index in [1.165, 1.54) is 18.2 Å². The van der Waals surface area contributed by atoms with Gasteiger partial charge in [0.2, 0.25) is 0 Å². The fourth-order valence-electron chi connectivity index (χ4n) is 3.54. The van der Waals surface area contributed by atoms with Gasteiger partial charge in [-0.2, -0.15) is 0 Å². The number of phenolic OH excluding ortho intramolecular Hbond substituents is 1. The number of hydrogen-bond donors (Lipinski definition) is 2. The average Bonchev–Trinajstić information content (AvgIpc) is 2.83. The Morgan fingerprint density at radius 1 is 0.970 bits per heavy atom. The molecule has 0 saturated carbocycles. The first-order valence-electron chi connectivity index (χ1n) is 10.3. The average molecular weight is 445 g/mol. The Hall–Kier alpha value is -4.46. The van der Waals surface area contributed by atoms with E-state index < -0.39 is 5.91 Å². The number of ether oxygens (including phenoxy) is 3. The molecular formula is C25H19NO7. The number of carbonyl (C=O) groups excluding carboxylic acids is 1. The van der Waals surface area contributed by atoms with Crippen molar-refractivity contribution in [1.29, 1.82) is 0 Å². The second kappa shape index (κ2) is 8.58. The zero-order valence-corrected chi connectivity index (χ0v) is 17.4. The highest BCUT2D eigenvalue weighted by Crippen LogP contribution is 2.33. The van der Waals surface area contributed by atoms with Crippen LogP contribution < -0.4 is 25.0 Å². The highest BCUT2D eigenvalue weighted by atomic mass is 16.6. The van der Waals surface area contributed by atoms with E-state index in [4.69, 9.17) is 18.6 Å². The maximum Gasteiger partial charge on any atom is 0.262 e. The summed E-state index contributed by atoms with van der Waals surface area (Å²) in [5.74, 6) is 1.03. The molecule has 1 aromatic heterocycles. The van der Waals surface area contributed by atoms with Crippen molar-refractivity contribution in [2.75, 3.05) is 25.1 Å². The molecule has 3 aromatic carbocycles. The van der Waals surface area contributed by atoms with Crippen LogP contribution in [0.2, 0.25) is 0 Å². The molecule has 4 aromatic rings. The number of phenols is 1. The first kappa shape index (κ1) is 20.4. The van der Waals surface area contributed by atoms with Crippen LogP contribution in [0.3, 0.4) is 0 Å². The lowest BCUT2D eigenvalue weighted by atomic mass is 10.1. The SMILES string of the molecule is O=C(COc1cc(O)c2c(=O)cc(-c3ccccc3)oc2c1)Nc1ccc2c(c1)OCCO2. The molecule has 8 nitrogen and oxygen atoms in total. The van der Waals surface area contributed by atoms with Crippen molar-refractivity contribution in [2.24, 2.45) is 0 Å². The molecule has 2 N–H and O–H groups in total. The third-order valence-corrected chi connectivity index (χ3v) is 5.04. The Kier molecular flexibility index (Phi) is 5.32. The molecule has 2 heterocycles. The lowest BCUT2D eigenvalue weighted by Gasteiger charge is -2.19. The van der Waals surface area contributed by atoms with Gasteiger partial charge >= 0.3 is 0 Å². The highest BCUT2D eigenvalue weighted by molar-refractivity contribution is 5.92. The molecule has 5 rings (SSSR count). The maximum atomic E-state index is 12.5. The monoisotopic (exact) mass is 445 g/mol. The van der Waals surface area contributed by atoms with Gasteiger partial charge in [0, 0.05) is 35.5 Å². The minimum Gasteiger partial charge on any atom is -0.507 e. The second-order valence-electron chi connectivity index (χ2n) is 7.35. The van der Waals surface area contributed by atoms with E-state index in [9.17, 15) is 14.7 Å². The Morgan fingerprint density at radius 3 is 2.58 bits per heavy atom. The normalized spacial score (nSPS) is 12.4. The molecule has 0 unspecified atom stereocenters. The van der Waals surface area contributed by atoms with Gasteiger partial charge < -0.3 is 29.1 Å². The lowest BCUT2D eigenvalue weighted by molar-refractivity contribution is -0.118. The number of amides is 1. The Bertz CT molecular complexity index is 1400. The van der Waals surface area contributed by atoms with Gasteiger partial charge in [-0.05, 0) is 12.1 Å². The second-order valence-corrected chi connectivity index (χ2v) is 7.35. The number of nitrogens with one attached hydrogen (secondary N) is 1. The van der Waals surface area contributed by atoms with Crippen LogP contribution in [0.15, 0.2) is 75.9 Å². The first-order chi connectivity index (χ1) is 16.1. The van der Waals surface area contributed by atoms with Crippen LogP contribution in [0.4, 0.5) is 5.69 Å². The van der Waals surface area contributed by atoms with Crippen molar-refractivity contribution in [3.63, 3.8) is 0 Å². The number of benzene rings is 3. The summed E-state index contributed by atoms with van der Waals surface area (Å²) in [4.78, 5) is 24.9. The van der Waals surface area contributed by atoms with Gasteiger partial charge in [0.15, 0.2) is 23.5 Å². The van der Waals surface area contributed by atoms with E-state index in [1.807, 2.05) is 30.3 Å². The van der Waals surface area contributed by atoms with Gasteiger partial charge in [0.05, 0.1) is 0 Å². The van der Waals surface area contributed by atoms with Crippen LogP contribution in [0.25, 0.3) is 22.3 Å². The minimum atomic E-state index is -0.411. The van der Waals surface area contributed by atoms with Crippen LogP contribution >= 0.6 is 0 Å². The Morgan fingerprint density at radius 2 is 1.76 bits per heavy atom. The van der Waals surface area contributed by atoms with Crippen LogP contribution in [0.1, 0.15) is 0 Å². The topological polar surface area (TPSA) is 107 Å². The van der Waals surface area contributed by atoms with E-state index in [2.05, 4.69) is 5.32 Å². The van der Waals surface area contributed by atoms with Gasteiger partial charge in [-0.3, -0.25) is 9.59 Å². The van der Waals surface area contributed by atoms with Gasteiger partial charge in [-0.25, -0.2) is 0 Å². The predicted molar refractivity (Wildman–Crippen MR) is 121 cm³/mol. The Labute approximate surface area is 187 Å². The summed E-state index contributed by atoms with van der Waals surface area (Å²) in [6, 6.07) is 18.3. The van der Waals surface area contributed by atoms with Crippen LogP contribution in [0, 0.1) is 0 Å². The summed E-state index contributed by atoms with van der Waals surface area (Å²) in [5, 5.41) is 13.1. The van der Waals surface area contributed by atoms with E-state index >= 15 is 0 Å². The zero-order chi connectivity index (χ0) is 22.8. The van der Waals surface area contributed by atoms with Crippen molar-refractivity contribution < 1.29 is 28.5 Å². The quantitative estimate of drug-likeness (QED) is 0.479. The maximum absolute atomic E-state index is 12.5. The Balaban J connectivity index is 1.33. The van der Waals surface area contributed by atoms with E-state index in [0.29, 0.717) is 36.2 Å². The van der Waals surface area contributed by atoms with Gasteiger partial charge in [0.25, 0.3) is 5.91 Å². The summed E-state index contributed by atoms with van der Waals surface area (Å²) < 4.78 is 22.3. The third-order valence-electron chi connectivity index (χ3n) is 5.04. The van der Waals surface area contributed by atoms with E-state index in [0.717, 1.165) is 5.56 Å². The molecule has 1 aliphatic heterocycles. The third kappa shape index (κ3) is 4.31. The molecule has 1 aliphatic rings. The molecule has 33 heavy (non-hydrogen) atoms. The molecule has 0 saturated heterocycles. The fourth-order valence-corrected chi connectivity index (χ4v) is 3.54. The molecule has 0 fully saturated rings. The predicted octanol–water partition coefficient (Wildman–Crippen LogP) is 3.95. The van der Waals surface area contributed by atoms with E-state index in [1.54, 1.807) is 18.2 Å². The smallest absolute Gasteiger partial charge is 0.262 e. The molecule has 1 amide bonds. The standard InChI is InChI=1S/C25H19NO7/c27-18-11-17(12-23-25(18)19(28)13-21(33-23)15-4-2-1-3-5-15)32-14-24(29)26-16-6-7-20-22(10-16)31-9-8-30-20/h1-7,10-13,27H,8-9,14H2,(H,26,29).